The third-order valence-electron chi connectivity index (χ3n) is 4.53. The molecule has 0 aliphatic carbocycles. The Labute approximate surface area is 184 Å². The molecule has 2 rings (SSSR count). The lowest BCUT2D eigenvalue weighted by Gasteiger charge is -2.19. The van der Waals surface area contributed by atoms with Crippen molar-refractivity contribution < 1.29 is 21.6 Å². The van der Waals surface area contributed by atoms with Crippen LogP contribution in [0, 0.1) is 5.41 Å². The number of nitrogens with one attached hydrogen (secondary N) is 2. The van der Waals surface area contributed by atoms with E-state index in [0.717, 1.165) is 0 Å². The number of hydrogen-bond acceptors (Lipinski definition) is 5. The fourth-order valence-electron chi connectivity index (χ4n) is 2.70. The molecule has 0 radical (unpaired) electrons. The fraction of sp³-hybridized carbons (Fsp3) is 0.381. The fourth-order valence-corrected chi connectivity index (χ4v) is 5.20. The predicted octanol–water partition coefficient (Wildman–Crippen LogP) is 3.50. The van der Waals surface area contributed by atoms with Crippen molar-refractivity contribution in [2.24, 2.45) is 5.41 Å². The second-order valence-electron chi connectivity index (χ2n) is 7.95. The van der Waals surface area contributed by atoms with E-state index in [0.29, 0.717) is 18.8 Å². The van der Waals surface area contributed by atoms with E-state index in [1.165, 1.54) is 34.6 Å². The zero-order valence-corrected chi connectivity index (χ0v) is 20.0. The average Bonchev–Trinajstić information content (AvgIpc) is 2.68. The first kappa shape index (κ1) is 24.8. The van der Waals surface area contributed by atoms with Crippen molar-refractivity contribution in [2.45, 2.75) is 44.4 Å². The summed E-state index contributed by atoms with van der Waals surface area (Å²) < 4.78 is 54.4. The summed E-state index contributed by atoms with van der Waals surface area (Å²) in [5, 5.41) is 2.75. The van der Waals surface area contributed by atoms with Gasteiger partial charge in [-0.25, -0.2) is 16.8 Å². The molecule has 0 aliphatic rings. The van der Waals surface area contributed by atoms with Gasteiger partial charge in [-0.15, -0.1) is 0 Å². The number of benzene rings is 2. The zero-order valence-electron chi connectivity index (χ0n) is 18.3. The molecule has 0 saturated heterocycles. The first-order valence-corrected chi connectivity index (χ1v) is 12.8. The molecule has 0 atom stereocenters. The Balaban J connectivity index is 2.24. The maximum Gasteiger partial charge on any atom is 0.261 e. The molecule has 31 heavy (non-hydrogen) atoms. The lowest BCUT2D eigenvalue weighted by Crippen LogP contribution is -2.30. The maximum atomic E-state index is 12.7. The van der Waals surface area contributed by atoms with Crippen molar-refractivity contribution in [1.29, 1.82) is 0 Å². The Morgan fingerprint density at radius 3 is 1.90 bits per heavy atom. The van der Waals surface area contributed by atoms with Crippen molar-refractivity contribution in [3.63, 3.8) is 0 Å². The second-order valence-corrected chi connectivity index (χ2v) is 11.6. The van der Waals surface area contributed by atoms with Crippen LogP contribution in [0.3, 0.4) is 0 Å². The van der Waals surface area contributed by atoms with Gasteiger partial charge in [-0.1, -0.05) is 40.7 Å². The summed E-state index contributed by atoms with van der Waals surface area (Å²) >= 11 is 0. The highest BCUT2D eigenvalue weighted by atomic mass is 32.2. The molecule has 10 heteroatoms. The number of anilines is 2. The predicted molar refractivity (Wildman–Crippen MR) is 122 cm³/mol. The number of carbonyl (C=O) groups excluding carboxylic acids is 1. The van der Waals surface area contributed by atoms with Crippen molar-refractivity contribution in [1.82, 2.24) is 4.31 Å². The molecule has 2 N–H and O–H groups in total. The van der Waals surface area contributed by atoms with Gasteiger partial charge in [-0.3, -0.25) is 9.52 Å². The van der Waals surface area contributed by atoms with Gasteiger partial charge >= 0.3 is 0 Å². The SMILES string of the molecule is CCN(CC)S(=O)(=O)c1ccc(S(=O)(=O)Nc2cccc(NC(=O)C(C)(C)C)c2)cc1. The van der Waals surface area contributed by atoms with E-state index >= 15 is 0 Å². The second kappa shape index (κ2) is 9.37. The molecule has 0 bridgehead atoms. The molecular formula is C21H29N3O5S2. The normalized spacial score (nSPS) is 12.6. The van der Waals surface area contributed by atoms with Crippen LogP contribution in [0.1, 0.15) is 34.6 Å². The topological polar surface area (TPSA) is 113 Å². The highest BCUT2D eigenvalue weighted by Crippen LogP contribution is 2.23. The van der Waals surface area contributed by atoms with Gasteiger partial charge in [-0.05, 0) is 42.5 Å². The van der Waals surface area contributed by atoms with Crippen LogP contribution in [-0.2, 0) is 24.8 Å². The summed E-state index contributed by atoms with van der Waals surface area (Å²) in [7, 11) is -7.63. The first-order chi connectivity index (χ1) is 14.3. The molecule has 0 fully saturated rings. The summed E-state index contributed by atoms with van der Waals surface area (Å²) in [6.07, 6.45) is 0. The van der Waals surface area contributed by atoms with Gasteiger partial charge in [0.2, 0.25) is 15.9 Å². The van der Waals surface area contributed by atoms with E-state index in [2.05, 4.69) is 10.0 Å². The first-order valence-electron chi connectivity index (χ1n) is 9.86. The van der Waals surface area contributed by atoms with Crippen LogP contribution in [0.4, 0.5) is 11.4 Å². The summed E-state index contributed by atoms with van der Waals surface area (Å²) in [4.78, 5) is 12.1. The lowest BCUT2D eigenvalue weighted by atomic mass is 9.95. The molecule has 0 aliphatic heterocycles. The maximum absolute atomic E-state index is 12.7. The molecule has 8 nitrogen and oxygen atoms in total. The minimum atomic E-state index is -3.95. The average molecular weight is 468 g/mol. The largest absolute Gasteiger partial charge is 0.326 e. The summed E-state index contributed by atoms with van der Waals surface area (Å²) in [5.41, 5.74) is 0.134. The summed E-state index contributed by atoms with van der Waals surface area (Å²) in [6, 6.07) is 11.4. The molecule has 2 aromatic carbocycles. The van der Waals surface area contributed by atoms with Crippen LogP contribution in [0.25, 0.3) is 0 Å². The third kappa shape index (κ3) is 6.05. The number of rotatable bonds is 8. The molecule has 0 aromatic heterocycles. The van der Waals surface area contributed by atoms with E-state index in [4.69, 9.17) is 0 Å². The van der Waals surface area contributed by atoms with Gasteiger partial charge in [0.05, 0.1) is 15.5 Å². The number of sulfonamides is 2. The van der Waals surface area contributed by atoms with E-state index in [1.54, 1.807) is 52.8 Å². The number of hydrogen-bond donors (Lipinski definition) is 2. The van der Waals surface area contributed by atoms with Gasteiger partial charge in [0.1, 0.15) is 0 Å². The summed E-state index contributed by atoms with van der Waals surface area (Å²) in [6.45, 7) is 9.45. The van der Waals surface area contributed by atoms with Crippen molar-refractivity contribution in [3.8, 4) is 0 Å². The van der Waals surface area contributed by atoms with Crippen LogP contribution >= 0.6 is 0 Å². The Hall–Kier alpha value is -2.43. The molecule has 0 heterocycles. The minimum Gasteiger partial charge on any atom is -0.326 e. The molecule has 0 unspecified atom stereocenters. The van der Waals surface area contributed by atoms with E-state index in [9.17, 15) is 21.6 Å². The third-order valence-corrected chi connectivity index (χ3v) is 7.99. The van der Waals surface area contributed by atoms with E-state index in [-0.39, 0.29) is 21.4 Å². The van der Waals surface area contributed by atoms with Crippen molar-refractivity contribution in [3.05, 3.63) is 48.5 Å². The van der Waals surface area contributed by atoms with Crippen LogP contribution in [0.15, 0.2) is 58.3 Å². The Morgan fingerprint density at radius 1 is 0.871 bits per heavy atom. The van der Waals surface area contributed by atoms with Crippen LogP contribution < -0.4 is 10.0 Å². The van der Waals surface area contributed by atoms with Crippen molar-refractivity contribution in [2.75, 3.05) is 23.1 Å². The molecular weight excluding hydrogens is 438 g/mol. The Kier molecular flexibility index (Phi) is 7.51. The standard InChI is InChI=1S/C21H29N3O5S2/c1-6-24(7-2)31(28,29)19-13-11-18(12-14-19)30(26,27)23-17-10-8-9-16(15-17)22-20(25)21(3,4)5/h8-15,23H,6-7H2,1-5H3,(H,22,25). The number of amides is 1. The van der Waals surface area contributed by atoms with Gasteiger partial charge < -0.3 is 5.32 Å². The lowest BCUT2D eigenvalue weighted by molar-refractivity contribution is -0.123. The molecule has 0 saturated carbocycles. The molecule has 1 amide bonds. The Morgan fingerprint density at radius 2 is 1.39 bits per heavy atom. The number of carbonyl (C=O) groups is 1. The smallest absolute Gasteiger partial charge is 0.261 e. The molecule has 170 valence electrons. The van der Waals surface area contributed by atoms with E-state index < -0.39 is 25.5 Å². The highest BCUT2D eigenvalue weighted by Gasteiger charge is 2.23. The monoisotopic (exact) mass is 467 g/mol. The van der Waals surface area contributed by atoms with E-state index in [1.807, 2.05) is 0 Å². The van der Waals surface area contributed by atoms with Gasteiger partial charge in [0.15, 0.2) is 0 Å². The summed E-state index contributed by atoms with van der Waals surface area (Å²) in [5.74, 6) is -0.197. The van der Waals surface area contributed by atoms with Crippen LogP contribution in [0.2, 0.25) is 0 Å². The molecule has 2 aromatic rings. The molecule has 0 spiro atoms. The van der Waals surface area contributed by atoms with Gasteiger partial charge in [0, 0.05) is 24.2 Å². The highest BCUT2D eigenvalue weighted by molar-refractivity contribution is 7.92. The number of nitrogens with zero attached hydrogens (tertiary/aromatic N) is 1. The van der Waals surface area contributed by atoms with Gasteiger partial charge in [0.25, 0.3) is 10.0 Å². The van der Waals surface area contributed by atoms with Gasteiger partial charge in [-0.2, -0.15) is 4.31 Å². The van der Waals surface area contributed by atoms with Crippen LogP contribution in [-0.4, -0.2) is 40.1 Å². The Bertz CT molecular complexity index is 1130. The quantitative estimate of drug-likeness (QED) is 0.617. The van der Waals surface area contributed by atoms with Crippen LogP contribution in [0.5, 0.6) is 0 Å². The zero-order chi connectivity index (χ0) is 23.4. The minimum absolute atomic E-state index is 0.0297. The van der Waals surface area contributed by atoms with Crippen molar-refractivity contribution >= 4 is 37.3 Å².